The van der Waals surface area contributed by atoms with Crippen molar-refractivity contribution in [2.24, 2.45) is 0 Å². The van der Waals surface area contributed by atoms with Gasteiger partial charge < -0.3 is 24.1 Å². The Kier molecular flexibility index (Phi) is 7.17. The Morgan fingerprint density at radius 1 is 1.20 bits per heavy atom. The van der Waals surface area contributed by atoms with Gasteiger partial charge in [0.2, 0.25) is 5.91 Å². The fraction of sp³-hybridized carbons (Fsp3) is 0.391. The molecule has 0 atom stereocenters. The lowest BCUT2D eigenvalue weighted by atomic mass is 10.0. The van der Waals surface area contributed by atoms with Crippen LogP contribution in [0.3, 0.4) is 0 Å². The van der Waals surface area contributed by atoms with Gasteiger partial charge in [0.1, 0.15) is 0 Å². The number of hydrogen-bond acceptors (Lipinski definition) is 5. The number of nitrogens with one attached hydrogen (secondary N) is 1. The Morgan fingerprint density at radius 3 is 2.60 bits per heavy atom. The molecule has 0 bridgehead atoms. The van der Waals surface area contributed by atoms with Crippen LogP contribution in [0.25, 0.3) is 6.08 Å². The SMILES string of the molecule is COc1cc(/C=C/C(=O)NC2CCN(C(=O)c3ccco3)CC2)ccc1OC(C)C. The molecule has 1 N–H and O–H groups in total. The van der Waals surface area contributed by atoms with Crippen LogP contribution in [0.2, 0.25) is 0 Å². The molecular weight excluding hydrogens is 384 g/mol. The molecule has 0 unspecified atom stereocenters. The predicted molar refractivity (Wildman–Crippen MR) is 114 cm³/mol. The summed E-state index contributed by atoms with van der Waals surface area (Å²) in [5.74, 6) is 1.38. The second kappa shape index (κ2) is 10.0. The third-order valence-corrected chi connectivity index (χ3v) is 4.84. The van der Waals surface area contributed by atoms with Crippen LogP contribution in [-0.2, 0) is 4.79 Å². The molecule has 30 heavy (non-hydrogen) atoms. The van der Waals surface area contributed by atoms with E-state index in [1.54, 1.807) is 30.2 Å². The topological polar surface area (TPSA) is 81.0 Å². The van der Waals surface area contributed by atoms with Crippen LogP contribution in [0.1, 0.15) is 42.8 Å². The molecule has 1 aliphatic rings. The van der Waals surface area contributed by atoms with Gasteiger partial charge in [-0.2, -0.15) is 0 Å². The van der Waals surface area contributed by atoms with Crippen molar-refractivity contribution in [3.8, 4) is 11.5 Å². The zero-order valence-corrected chi connectivity index (χ0v) is 17.6. The van der Waals surface area contributed by atoms with Gasteiger partial charge in [-0.25, -0.2) is 0 Å². The number of methoxy groups -OCH3 is 1. The minimum Gasteiger partial charge on any atom is -0.493 e. The van der Waals surface area contributed by atoms with Crippen molar-refractivity contribution in [3.63, 3.8) is 0 Å². The van der Waals surface area contributed by atoms with Crippen molar-refractivity contribution in [2.45, 2.75) is 38.8 Å². The van der Waals surface area contributed by atoms with E-state index in [2.05, 4.69) is 5.32 Å². The number of hydrogen-bond donors (Lipinski definition) is 1. The molecule has 3 rings (SSSR count). The van der Waals surface area contributed by atoms with E-state index in [0.717, 1.165) is 5.56 Å². The zero-order chi connectivity index (χ0) is 21.5. The summed E-state index contributed by atoms with van der Waals surface area (Å²) in [5, 5.41) is 3.01. The first-order valence-electron chi connectivity index (χ1n) is 10.1. The van der Waals surface area contributed by atoms with Crippen LogP contribution in [0.4, 0.5) is 0 Å². The number of carbonyl (C=O) groups excluding carboxylic acids is 2. The number of amides is 2. The Balaban J connectivity index is 1.50. The smallest absolute Gasteiger partial charge is 0.289 e. The summed E-state index contributed by atoms with van der Waals surface area (Å²) in [5.41, 5.74) is 0.844. The number of furan rings is 1. The van der Waals surface area contributed by atoms with E-state index in [0.29, 0.717) is 43.2 Å². The molecule has 1 aromatic carbocycles. The molecule has 2 amide bonds. The average molecular weight is 412 g/mol. The van der Waals surface area contributed by atoms with Crippen molar-refractivity contribution >= 4 is 17.9 Å². The molecule has 7 heteroatoms. The minimum atomic E-state index is -0.160. The van der Waals surface area contributed by atoms with Gasteiger partial charge in [-0.3, -0.25) is 9.59 Å². The van der Waals surface area contributed by atoms with E-state index >= 15 is 0 Å². The minimum absolute atomic E-state index is 0.0409. The first-order valence-corrected chi connectivity index (χ1v) is 10.1. The quantitative estimate of drug-likeness (QED) is 0.704. The summed E-state index contributed by atoms with van der Waals surface area (Å²) >= 11 is 0. The normalized spacial score (nSPS) is 14.9. The van der Waals surface area contributed by atoms with Gasteiger partial charge in [-0.05, 0) is 62.6 Å². The van der Waals surface area contributed by atoms with Gasteiger partial charge in [-0.15, -0.1) is 0 Å². The van der Waals surface area contributed by atoms with E-state index in [9.17, 15) is 9.59 Å². The lowest BCUT2D eigenvalue weighted by Gasteiger charge is -2.31. The number of benzene rings is 1. The summed E-state index contributed by atoms with van der Waals surface area (Å²) < 4.78 is 16.2. The molecule has 2 heterocycles. The third kappa shape index (κ3) is 5.65. The maximum atomic E-state index is 12.3. The lowest BCUT2D eigenvalue weighted by Crippen LogP contribution is -2.46. The van der Waals surface area contributed by atoms with Gasteiger partial charge in [0.25, 0.3) is 5.91 Å². The van der Waals surface area contributed by atoms with Gasteiger partial charge in [0.05, 0.1) is 19.5 Å². The zero-order valence-electron chi connectivity index (χ0n) is 17.6. The number of carbonyl (C=O) groups is 2. The maximum Gasteiger partial charge on any atom is 0.289 e. The monoisotopic (exact) mass is 412 g/mol. The highest BCUT2D eigenvalue weighted by molar-refractivity contribution is 5.92. The first-order chi connectivity index (χ1) is 14.5. The second-order valence-electron chi connectivity index (χ2n) is 7.46. The Morgan fingerprint density at radius 2 is 1.97 bits per heavy atom. The highest BCUT2D eigenvalue weighted by Gasteiger charge is 2.25. The van der Waals surface area contributed by atoms with Crippen molar-refractivity contribution in [1.29, 1.82) is 0 Å². The molecule has 1 aromatic heterocycles. The van der Waals surface area contributed by atoms with Gasteiger partial charge >= 0.3 is 0 Å². The molecule has 0 aliphatic carbocycles. The van der Waals surface area contributed by atoms with Crippen LogP contribution in [0, 0.1) is 0 Å². The predicted octanol–water partition coefficient (Wildman–Crippen LogP) is 3.51. The standard InChI is InChI=1S/C23H28N2O5/c1-16(2)30-19-8-6-17(15-21(19)28-3)7-9-22(26)24-18-10-12-25(13-11-18)23(27)20-5-4-14-29-20/h4-9,14-16,18H,10-13H2,1-3H3,(H,24,26)/b9-7+. The van der Waals surface area contributed by atoms with E-state index in [1.165, 1.54) is 12.3 Å². The highest BCUT2D eigenvalue weighted by Crippen LogP contribution is 2.29. The molecule has 2 aromatic rings. The number of ether oxygens (including phenoxy) is 2. The Labute approximate surface area is 176 Å². The van der Waals surface area contributed by atoms with Crippen LogP contribution >= 0.6 is 0 Å². The van der Waals surface area contributed by atoms with E-state index < -0.39 is 0 Å². The molecule has 7 nitrogen and oxygen atoms in total. The number of rotatable bonds is 7. The van der Waals surface area contributed by atoms with Crippen LogP contribution in [0.15, 0.2) is 47.1 Å². The van der Waals surface area contributed by atoms with Gasteiger partial charge in [0.15, 0.2) is 17.3 Å². The summed E-state index contributed by atoms with van der Waals surface area (Å²) in [7, 11) is 1.59. The molecule has 0 spiro atoms. The van der Waals surface area contributed by atoms with Crippen molar-refractivity contribution < 1.29 is 23.5 Å². The first kappa shape index (κ1) is 21.5. The summed E-state index contributed by atoms with van der Waals surface area (Å²) in [6, 6.07) is 8.95. The molecule has 0 saturated carbocycles. The number of nitrogens with zero attached hydrogens (tertiary/aromatic N) is 1. The van der Waals surface area contributed by atoms with Crippen molar-refractivity contribution in [3.05, 3.63) is 54.0 Å². The molecule has 160 valence electrons. The van der Waals surface area contributed by atoms with E-state index in [1.807, 2.05) is 32.0 Å². The summed E-state index contributed by atoms with van der Waals surface area (Å²) in [4.78, 5) is 26.4. The lowest BCUT2D eigenvalue weighted by molar-refractivity contribution is -0.117. The Bertz CT molecular complexity index is 881. The Hall–Kier alpha value is -3.22. The summed E-state index contributed by atoms with van der Waals surface area (Å²) in [6.45, 7) is 5.08. The molecular formula is C23H28N2O5. The van der Waals surface area contributed by atoms with Crippen LogP contribution in [0.5, 0.6) is 11.5 Å². The highest BCUT2D eigenvalue weighted by atomic mass is 16.5. The summed E-state index contributed by atoms with van der Waals surface area (Å²) in [6.07, 6.45) is 6.21. The second-order valence-corrected chi connectivity index (χ2v) is 7.46. The number of piperidine rings is 1. The number of likely N-dealkylation sites (tertiary alicyclic amines) is 1. The van der Waals surface area contributed by atoms with Gasteiger partial charge in [0, 0.05) is 25.2 Å². The molecule has 1 fully saturated rings. The van der Waals surface area contributed by atoms with Crippen LogP contribution < -0.4 is 14.8 Å². The largest absolute Gasteiger partial charge is 0.493 e. The fourth-order valence-corrected chi connectivity index (χ4v) is 3.34. The fourth-order valence-electron chi connectivity index (χ4n) is 3.34. The van der Waals surface area contributed by atoms with Gasteiger partial charge in [-0.1, -0.05) is 6.07 Å². The van der Waals surface area contributed by atoms with E-state index in [-0.39, 0.29) is 24.0 Å². The van der Waals surface area contributed by atoms with E-state index in [4.69, 9.17) is 13.9 Å². The van der Waals surface area contributed by atoms with Crippen molar-refractivity contribution in [2.75, 3.05) is 20.2 Å². The average Bonchev–Trinajstić information content (AvgIpc) is 3.27. The molecule has 0 radical (unpaired) electrons. The maximum absolute atomic E-state index is 12.3. The van der Waals surface area contributed by atoms with Crippen LogP contribution in [-0.4, -0.2) is 49.1 Å². The molecule has 1 aliphatic heterocycles. The van der Waals surface area contributed by atoms with Crippen molar-refractivity contribution in [1.82, 2.24) is 10.2 Å². The molecule has 1 saturated heterocycles. The third-order valence-electron chi connectivity index (χ3n) is 4.84.